The maximum Gasteiger partial charge on any atom is 0.123 e. The first-order valence-electron chi connectivity index (χ1n) is 9.58. The number of benzene rings is 2. The van der Waals surface area contributed by atoms with Crippen LogP contribution in [0.2, 0.25) is 0 Å². The second kappa shape index (κ2) is 10.3. The van der Waals surface area contributed by atoms with Crippen LogP contribution in [-0.4, -0.2) is 52.0 Å². The van der Waals surface area contributed by atoms with Gasteiger partial charge < -0.3 is 19.5 Å². The molecule has 0 aromatic heterocycles. The first-order chi connectivity index (χ1) is 13.3. The topological polar surface area (TPSA) is 43.0 Å². The standard InChI is InChI=1S/C22H30N2O3/c1-25-21-6-3-18(4-7-21)9-10-23-16-19-5-8-22(26-2)20(15-19)17-24-11-13-27-14-12-24/h3-8,15,23H,9-14,16-17H2,1-2H3. The van der Waals surface area contributed by atoms with E-state index in [1.165, 1.54) is 16.7 Å². The molecule has 0 atom stereocenters. The molecule has 1 N–H and O–H groups in total. The van der Waals surface area contributed by atoms with Crippen LogP contribution in [0.3, 0.4) is 0 Å². The molecule has 3 rings (SSSR count). The molecule has 0 unspecified atom stereocenters. The van der Waals surface area contributed by atoms with E-state index in [9.17, 15) is 0 Å². The van der Waals surface area contributed by atoms with E-state index < -0.39 is 0 Å². The van der Waals surface area contributed by atoms with Crippen LogP contribution < -0.4 is 14.8 Å². The van der Waals surface area contributed by atoms with Crippen molar-refractivity contribution in [1.82, 2.24) is 10.2 Å². The molecule has 0 aliphatic carbocycles. The van der Waals surface area contributed by atoms with Crippen LogP contribution in [0.1, 0.15) is 16.7 Å². The van der Waals surface area contributed by atoms with E-state index in [4.69, 9.17) is 14.2 Å². The molecule has 0 radical (unpaired) electrons. The Labute approximate surface area is 162 Å². The monoisotopic (exact) mass is 370 g/mol. The Balaban J connectivity index is 1.50. The number of hydrogen-bond donors (Lipinski definition) is 1. The lowest BCUT2D eigenvalue weighted by Crippen LogP contribution is -2.35. The molecular formula is C22H30N2O3. The van der Waals surface area contributed by atoms with E-state index in [0.717, 1.165) is 63.9 Å². The average Bonchev–Trinajstić information content (AvgIpc) is 2.72. The van der Waals surface area contributed by atoms with Crippen molar-refractivity contribution in [3.63, 3.8) is 0 Å². The molecule has 0 saturated carbocycles. The Morgan fingerprint density at radius 3 is 2.41 bits per heavy atom. The van der Waals surface area contributed by atoms with Gasteiger partial charge in [0.25, 0.3) is 0 Å². The average molecular weight is 370 g/mol. The van der Waals surface area contributed by atoms with Gasteiger partial charge in [-0.25, -0.2) is 0 Å². The van der Waals surface area contributed by atoms with Crippen LogP contribution in [0.5, 0.6) is 11.5 Å². The maximum absolute atomic E-state index is 5.56. The summed E-state index contributed by atoms with van der Waals surface area (Å²) in [6, 6.07) is 14.7. The normalized spacial score (nSPS) is 14.9. The van der Waals surface area contributed by atoms with Crippen molar-refractivity contribution in [2.75, 3.05) is 47.1 Å². The zero-order chi connectivity index (χ0) is 18.9. The summed E-state index contributed by atoms with van der Waals surface area (Å²) in [5, 5.41) is 3.54. The first kappa shape index (κ1) is 19.7. The smallest absolute Gasteiger partial charge is 0.123 e. The number of methoxy groups -OCH3 is 2. The highest BCUT2D eigenvalue weighted by Gasteiger charge is 2.13. The van der Waals surface area contributed by atoms with E-state index in [-0.39, 0.29) is 0 Å². The lowest BCUT2D eigenvalue weighted by atomic mass is 10.1. The van der Waals surface area contributed by atoms with Gasteiger partial charge in [0.05, 0.1) is 27.4 Å². The van der Waals surface area contributed by atoms with Crippen LogP contribution in [-0.2, 0) is 24.2 Å². The summed E-state index contributed by atoms with van der Waals surface area (Å²) in [6.45, 7) is 6.30. The van der Waals surface area contributed by atoms with Crippen molar-refractivity contribution < 1.29 is 14.2 Å². The fourth-order valence-electron chi connectivity index (χ4n) is 3.32. The molecule has 2 aromatic carbocycles. The van der Waals surface area contributed by atoms with Gasteiger partial charge in [0.15, 0.2) is 0 Å². The zero-order valence-electron chi connectivity index (χ0n) is 16.4. The van der Waals surface area contributed by atoms with Gasteiger partial charge in [0.1, 0.15) is 11.5 Å². The Morgan fingerprint density at radius 1 is 0.963 bits per heavy atom. The van der Waals surface area contributed by atoms with Gasteiger partial charge in [-0.1, -0.05) is 18.2 Å². The second-order valence-electron chi connectivity index (χ2n) is 6.81. The predicted molar refractivity (Wildman–Crippen MR) is 107 cm³/mol. The lowest BCUT2D eigenvalue weighted by molar-refractivity contribution is 0.0339. The molecule has 1 aliphatic rings. The highest BCUT2D eigenvalue weighted by atomic mass is 16.5. The minimum atomic E-state index is 0.814. The fraction of sp³-hybridized carbons (Fsp3) is 0.455. The number of nitrogens with one attached hydrogen (secondary N) is 1. The van der Waals surface area contributed by atoms with E-state index in [0.29, 0.717) is 0 Å². The summed E-state index contributed by atoms with van der Waals surface area (Å²) in [4.78, 5) is 2.42. The van der Waals surface area contributed by atoms with Crippen molar-refractivity contribution in [1.29, 1.82) is 0 Å². The highest BCUT2D eigenvalue weighted by Crippen LogP contribution is 2.22. The van der Waals surface area contributed by atoms with Gasteiger partial charge in [0, 0.05) is 31.7 Å². The Morgan fingerprint density at radius 2 is 1.70 bits per heavy atom. The van der Waals surface area contributed by atoms with Crippen molar-refractivity contribution in [3.05, 3.63) is 59.2 Å². The summed E-state index contributed by atoms with van der Waals surface area (Å²) in [7, 11) is 3.43. The van der Waals surface area contributed by atoms with Crippen LogP contribution in [0, 0.1) is 0 Å². The number of hydrogen-bond acceptors (Lipinski definition) is 5. The van der Waals surface area contributed by atoms with E-state index in [1.807, 2.05) is 12.1 Å². The minimum Gasteiger partial charge on any atom is -0.497 e. The third-order valence-corrected chi connectivity index (χ3v) is 4.92. The van der Waals surface area contributed by atoms with E-state index >= 15 is 0 Å². The van der Waals surface area contributed by atoms with Crippen LogP contribution >= 0.6 is 0 Å². The molecule has 1 heterocycles. The van der Waals surface area contributed by atoms with Gasteiger partial charge in [-0.15, -0.1) is 0 Å². The number of rotatable bonds is 9. The fourth-order valence-corrected chi connectivity index (χ4v) is 3.32. The quantitative estimate of drug-likeness (QED) is 0.688. The summed E-state index contributed by atoms with van der Waals surface area (Å²) >= 11 is 0. The summed E-state index contributed by atoms with van der Waals surface area (Å²) < 4.78 is 16.2. The molecule has 1 saturated heterocycles. The SMILES string of the molecule is COc1ccc(CCNCc2ccc(OC)c(CN3CCOCC3)c2)cc1. The third-order valence-electron chi connectivity index (χ3n) is 4.92. The lowest BCUT2D eigenvalue weighted by Gasteiger charge is -2.27. The predicted octanol–water partition coefficient (Wildman–Crippen LogP) is 2.87. The molecular weight excluding hydrogens is 340 g/mol. The Bertz CT molecular complexity index is 697. The summed E-state index contributed by atoms with van der Waals surface area (Å²) in [5.41, 5.74) is 3.84. The Hall–Kier alpha value is -2.08. The second-order valence-corrected chi connectivity index (χ2v) is 6.81. The van der Waals surface area contributed by atoms with Crippen molar-refractivity contribution in [2.24, 2.45) is 0 Å². The molecule has 5 heteroatoms. The summed E-state index contributed by atoms with van der Waals surface area (Å²) in [6.07, 6.45) is 1.00. The van der Waals surface area contributed by atoms with Crippen molar-refractivity contribution in [3.8, 4) is 11.5 Å². The van der Waals surface area contributed by atoms with Gasteiger partial charge >= 0.3 is 0 Å². The molecule has 0 spiro atoms. The van der Waals surface area contributed by atoms with Gasteiger partial charge in [0.2, 0.25) is 0 Å². The molecule has 1 fully saturated rings. The molecule has 2 aromatic rings. The zero-order valence-corrected chi connectivity index (χ0v) is 16.4. The molecule has 27 heavy (non-hydrogen) atoms. The van der Waals surface area contributed by atoms with Crippen LogP contribution in [0.15, 0.2) is 42.5 Å². The van der Waals surface area contributed by atoms with Crippen LogP contribution in [0.4, 0.5) is 0 Å². The molecule has 0 bridgehead atoms. The third kappa shape index (κ3) is 5.96. The molecule has 5 nitrogen and oxygen atoms in total. The maximum atomic E-state index is 5.56. The van der Waals surface area contributed by atoms with Gasteiger partial charge in [-0.05, 0) is 48.4 Å². The van der Waals surface area contributed by atoms with E-state index in [1.54, 1.807) is 14.2 Å². The molecule has 1 aliphatic heterocycles. The number of nitrogens with zero attached hydrogens (tertiary/aromatic N) is 1. The van der Waals surface area contributed by atoms with Crippen molar-refractivity contribution >= 4 is 0 Å². The van der Waals surface area contributed by atoms with Crippen molar-refractivity contribution in [2.45, 2.75) is 19.5 Å². The Kier molecular flexibility index (Phi) is 7.51. The molecule has 0 amide bonds. The highest BCUT2D eigenvalue weighted by molar-refractivity contribution is 5.37. The number of morpholine rings is 1. The van der Waals surface area contributed by atoms with E-state index in [2.05, 4.69) is 40.5 Å². The minimum absolute atomic E-state index is 0.814. The largest absolute Gasteiger partial charge is 0.497 e. The van der Waals surface area contributed by atoms with Gasteiger partial charge in [-0.2, -0.15) is 0 Å². The first-order valence-corrected chi connectivity index (χ1v) is 9.58. The summed E-state index contributed by atoms with van der Waals surface area (Å²) in [5.74, 6) is 1.86. The van der Waals surface area contributed by atoms with Crippen LogP contribution in [0.25, 0.3) is 0 Å². The van der Waals surface area contributed by atoms with Gasteiger partial charge in [-0.3, -0.25) is 4.90 Å². The molecule has 146 valence electrons. The number of ether oxygens (including phenoxy) is 3.